The molecule has 6 nitrogen and oxygen atoms in total. The fraction of sp³-hybridized carbons (Fsp3) is 0.348. The fourth-order valence-electron chi connectivity index (χ4n) is 3.12. The van der Waals surface area contributed by atoms with Gasteiger partial charge in [-0.25, -0.2) is 0 Å². The van der Waals surface area contributed by atoms with E-state index in [1.165, 1.54) is 17.3 Å². The number of aryl methyl sites for hydroxylation is 3. The number of carbonyl (C=O) groups is 1. The first-order valence-electron chi connectivity index (χ1n) is 10.1. The molecule has 0 atom stereocenters. The molecule has 0 unspecified atom stereocenters. The molecule has 8 heteroatoms. The highest BCUT2D eigenvalue weighted by atomic mass is 35.5. The molecule has 0 fully saturated rings. The summed E-state index contributed by atoms with van der Waals surface area (Å²) in [6.07, 6.45) is 0. The van der Waals surface area contributed by atoms with E-state index in [1.54, 1.807) is 6.07 Å². The number of rotatable bonds is 8. The predicted molar refractivity (Wildman–Crippen MR) is 126 cm³/mol. The molecule has 1 amide bonds. The summed E-state index contributed by atoms with van der Waals surface area (Å²) in [5, 5.41) is 12.8. The van der Waals surface area contributed by atoms with Crippen LogP contribution in [0.15, 0.2) is 41.6 Å². The van der Waals surface area contributed by atoms with Crippen molar-refractivity contribution < 1.29 is 9.53 Å². The molecule has 3 aromatic rings. The van der Waals surface area contributed by atoms with Crippen LogP contribution in [0, 0.1) is 20.8 Å². The van der Waals surface area contributed by atoms with Crippen LogP contribution < -0.4 is 10.1 Å². The summed E-state index contributed by atoms with van der Waals surface area (Å²) in [5.74, 6) is 1.64. The molecule has 0 aliphatic heterocycles. The van der Waals surface area contributed by atoms with Crippen LogP contribution in [-0.4, -0.2) is 26.4 Å². The Bertz CT molecular complexity index is 1080. The van der Waals surface area contributed by atoms with Crippen molar-refractivity contribution >= 4 is 35.0 Å². The number of halogens is 1. The Balaban J connectivity index is 1.64. The van der Waals surface area contributed by atoms with Gasteiger partial charge in [-0.2, -0.15) is 0 Å². The number of hydrogen-bond donors (Lipinski definition) is 1. The molecule has 0 aliphatic rings. The van der Waals surface area contributed by atoms with Gasteiger partial charge in [-0.15, -0.1) is 10.2 Å². The molecule has 2 aromatic carbocycles. The largest absolute Gasteiger partial charge is 0.485 e. The number of aromatic nitrogens is 3. The second-order valence-corrected chi connectivity index (χ2v) is 9.07. The van der Waals surface area contributed by atoms with Crippen molar-refractivity contribution in [1.82, 2.24) is 14.8 Å². The summed E-state index contributed by atoms with van der Waals surface area (Å²) in [6, 6.07) is 11.7. The molecule has 0 saturated heterocycles. The van der Waals surface area contributed by atoms with E-state index in [9.17, 15) is 4.79 Å². The minimum Gasteiger partial charge on any atom is -0.485 e. The van der Waals surface area contributed by atoms with Gasteiger partial charge in [0.15, 0.2) is 11.0 Å². The quantitative estimate of drug-likeness (QED) is 0.435. The molecule has 0 saturated carbocycles. The van der Waals surface area contributed by atoms with E-state index in [0.717, 1.165) is 22.7 Å². The van der Waals surface area contributed by atoms with Crippen LogP contribution in [0.3, 0.4) is 0 Å². The van der Waals surface area contributed by atoms with E-state index in [0.29, 0.717) is 22.5 Å². The Hall–Kier alpha value is -2.51. The van der Waals surface area contributed by atoms with Crippen molar-refractivity contribution in [3.05, 3.63) is 63.9 Å². The third-order valence-corrected chi connectivity index (χ3v) is 6.08. The van der Waals surface area contributed by atoms with Crippen LogP contribution >= 0.6 is 23.4 Å². The minimum atomic E-state index is -0.128. The lowest BCUT2D eigenvalue weighted by molar-refractivity contribution is -0.113. The second-order valence-electron chi connectivity index (χ2n) is 7.72. The molecule has 1 aromatic heterocycles. The van der Waals surface area contributed by atoms with Gasteiger partial charge in [-0.3, -0.25) is 4.79 Å². The Morgan fingerprint density at radius 2 is 1.90 bits per heavy atom. The first-order valence-corrected chi connectivity index (χ1v) is 11.4. The maximum absolute atomic E-state index is 12.4. The molecule has 0 bridgehead atoms. The molecule has 0 radical (unpaired) electrons. The van der Waals surface area contributed by atoms with Crippen LogP contribution in [0.25, 0.3) is 0 Å². The van der Waals surface area contributed by atoms with E-state index in [-0.39, 0.29) is 17.7 Å². The zero-order chi connectivity index (χ0) is 22.5. The fourth-order valence-corrected chi connectivity index (χ4v) is 4.19. The smallest absolute Gasteiger partial charge is 0.234 e. The van der Waals surface area contributed by atoms with E-state index in [4.69, 9.17) is 16.3 Å². The van der Waals surface area contributed by atoms with Crippen molar-refractivity contribution in [2.24, 2.45) is 0 Å². The molecule has 3 rings (SSSR count). The predicted octanol–water partition coefficient (Wildman–Crippen LogP) is 5.75. The van der Waals surface area contributed by atoms with E-state index in [1.807, 2.05) is 42.7 Å². The van der Waals surface area contributed by atoms with Gasteiger partial charge in [0.2, 0.25) is 5.91 Å². The molecular formula is C23H27ClN4O2S. The monoisotopic (exact) mass is 458 g/mol. The highest BCUT2D eigenvalue weighted by Crippen LogP contribution is 2.25. The lowest BCUT2D eigenvalue weighted by Crippen LogP contribution is -2.15. The van der Waals surface area contributed by atoms with Crippen molar-refractivity contribution in [3.8, 4) is 5.75 Å². The summed E-state index contributed by atoms with van der Waals surface area (Å²) in [6.45, 7) is 10.4. The topological polar surface area (TPSA) is 69.0 Å². The number of amides is 1. The summed E-state index contributed by atoms with van der Waals surface area (Å²) in [5.41, 5.74) is 3.92. The lowest BCUT2D eigenvalue weighted by atomic mass is 10.1. The van der Waals surface area contributed by atoms with Crippen LogP contribution in [0.1, 0.15) is 42.4 Å². The van der Waals surface area contributed by atoms with Gasteiger partial charge in [-0.05, 0) is 63.9 Å². The summed E-state index contributed by atoms with van der Waals surface area (Å²) >= 11 is 7.48. The standard InChI is InChI=1S/C23H27ClN4O2S/c1-14(2)28-21(12-30-20-9-6-15(3)10-17(20)5)26-27-23(28)31-13-22(29)25-18-8-7-16(4)19(24)11-18/h6-11,14H,12-13H2,1-5H3,(H,25,29). The average Bonchev–Trinajstić information content (AvgIpc) is 3.12. The number of anilines is 1. The molecule has 164 valence electrons. The molecule has 31 heavy (non-hydrogen) atoms. The Kier molecular flexibility index (Phi) is 7.62. The van der Waals surface area contributed by atoms with Gasteiger partial charge in [0.25, 0.3) is 0 Å². The molecule has 0 aliphatic carbocycles. The number of thioether (sulfide) groups is 1. The normalized spacial score (nSPS) is 11.1. The lowest BCUT2D eigenvalue weighted by Gasteiger charge is -2.15. The molecular weight excluding hydrogens is 432 g/mol. The van der Waals surface area contributed by atoms with E-state index < -0.39 is 0 Å². The number of carbonyl (C=O) groups excluding carboxylic acids is 1. The van der Waals surface area contributed by atoms with Crippen LogP contribution in [-0.2, 0) is 11.4 Å². The van der Waals surface area contributed by atoms with Crippen molar-refractivity contribution in [3.63, 3.8) is 0 Å². The number of benzene rings is 2. The Morgan fingerprint density at radius 3 is 2.58 bits per heavy atom. The summed E-state index contributed by atoms with van der Waals surface area (Å²) in [7, 11) is 0. The van der Waals surface area contributed by atoms with Crippen molar-refractivity contribution in [2.45, 2.75) is 52.4 Å². The van der Waals surface area contributed by atoms with E-state index >= 15 is 0 Å². The maximum atomic E-state index is 12.4. The van der Waals surface area contributed by atoms with Gasteiger partial charge in [0, 0.05) is 16.8 Å². The summed E-state index contributed by atoms with van der Waals surface area (Å²) in [4.78, 5) is 12.4. The van der Waals surface area contributed by atoms with Crippen LogP contribution in [0.2, 0.25) is 5.02 Å². The second kappa shape index (κ2) is 10.2. The van der Waals surface area contributed by atoms with Gasteiger partial charge in [-0.1, -0.05) is 47.1 Å². The first-order chi connectivity index (χ1) is 14.7. The van der Waals surface area contributed by atoms with Gasteiger partial charge in [0.05, 0.1) is 5.75 Å². The van der Waals surface area contributed by atoms with Crippen LogP contribution in [0.4, 0.5) is 5.69 Å². The van der Waals surface area contributed by atoms with Crippen molar-refractivity contribution in [2.75, 3.05) is 11.1 Å². The summed E-state index contributed by atoms with van der Waals surface area (Å²) < 4.78 is 7.99. The van der Waals surface area contributed by atoms with E-state index in [2.05, 4.69) is 42.4 Å². The Morgan fingerprint density at radius 1 is 1.13 bits per heavy atom. The molecule has 1 heterocycles. The van der Waals surface area contributed by atoms with Crippen molar-refractivity contribution in [1.29, 1.82) is 0 Å². The number of nitrogens with zero attached hydrogens (tertiary/aromatic N) is 3. The maximum Gasteiger partial charge on any atom is 0.234 e. The van der Waals surface area contributed by atoms with Crippen LogP contribution in [0.5, 0.6) is 5.75 Å². The average molecular weight is 459 g/mol. The minimum absolute atomic E-state index is 0.128. The first kappa shape index (κ1) is 23.2. The van der Waals surface area contributed by atoms with Gasteiger partial charge in [0.1, 0.15) is 12.4 Å². The number of ether oxygens (including phenoxy) is 1. The molecule has 1 N–H and O–H groups in total. The van der Waals surface area contributed by atoms with Gasteiger partial charge < -0.3 is 14.6 Å². The zero-order valence-corrected chi connectivity index (χ0v) is 20.0. The molecule has 0 spiro atoms. The zero-order valence-electron chi connectivity index (χ0n) is 18.4. The highest BCUT2D eigenvalue weighted by molar-refractivity contribution is 7.99. The third kappa shape index (κ3) is 6.02. The SMILES string of the molecule is Cc1ccc(OCc2nnc(SCC(=O)Nc3ccc(C)c(Cl)c3)n2C(C)C)c(C)c1. The third-order valence-electron chi connectivity index (χ3n) is 4.73. The Labute approximate surface area is 192 Å². The van der Waals surface area contributed by atoms with Gasteiger partial charge >= 0.3 is 0 Å². The highest BCUT2D eigenvalue weighted by Gasteiger charge is 2.17. The number of hydrogen-bond acceptors (Lipinski definition) is 5. The number of nitrogens with one attached hydrogen (secondary N) is 1.